The van der Waals surface area contributed by atoms with Gasteiger partial charge in [-0.1, -0.05) is 19.3 Å². The second-order valence-electron chi connectivity index (χ2n) is 6.47. The summed E-state index contributed by atoms with van der Waals surface area (Å²) >= 11 is 0. The molecule has 2 fully saturated rings. The zero-order chi connectivity index (χ0) is 12.4. The van der Waals surface area contributed by atoms with Crippen LogP contribution in [0.1, 0.15) is 58.8 Å². The van der Waals surface area contributed by atoms with Gasteiger partial charge in [-0.15, -0.1) is 0 Å². The molecule has 1 saturated carbocycles. The van der Waals surface area contributed by atoms with Crippen LogP contribution in [0.3, 0.4) is 0 Å². The van der Waals surface area contributed by atoms with Gasteiger partial charge in [0.2, 0.25) is 0 Å². The lowest BCUT2D eigenvalue weighted by Crippen LogP contribution is -2.54. The van der Waals surface area contributed by atoms with E-state index in [1.165, 1.54) is 32.1 Å². The van der Waals surface area contributed by atoms with Crippen molar-refractivity contribution < 1.29 is 9.84 Å². The Bertz CT molecular complexity index is 241. The van der Waals surface area contributed by atoms with E-state index in [1.54, 1.807) is 0 Å². The van der Waals surface area contributed by atoms with E-state index in [4.69, 9.17) is 4.74 Å². The van der Waals surface area contributed by atoms with Gasteiger partial charge in [0.25, 0.3) is 0 Å². The third kappa shape index (κ3) is 3.43. The van der Waals surface area contributed by atoms with Gasteiger partial charge in [-0.2, -0.15) is 0 Å². The standard InChI is InChI=1S/C14H27NO2/c1-13(2,11-16)15-12-6-9-17-14(10-12)7-4-3-5-8-14/h12,15-16H,3-11H2,1-2H3. The van der Waals surface area contributed by atoms with Crippen molar-refractivity contribution in [2.75, 3.05) is 13.2 Å². The number of nitrogens with one attached hydrogen (secondary N) is 1. The topological polar surface area (TPSA) is 41.5 Å². The number of aliphatic hydroxyl groups is 1. The summed E-state index contributed by atoms with van der Waals surface area (Å²) in [6.07, 6.45) is 8.65. The summed E-state index contributed by atoms with van der Waals surface area (Å²) in [6.45, 7) is 5.20. The summed E-state index contributed by atoms with van der Waals surface area (Å²) in [6, 6.07) is 0.504. The molecule has 0 radical (unpaired) electrons. The van der Waals surface area contributed by atoms with Crippen molar-refractivity contribution in [3.63, 3.8) is 0 Å². The van der Waals surface area contributed by atoms with Gasteiger partial charge < -0.3 is 15.2 Å². The molecule has 2 rings (SSSR count). The van der Waals surface area contributed by atoms with Gasteiger partial charge >= 0.3 is 0 Å². The SMILES string of the molecule is CC(C)(CO)NC1CCOC2(CCCCC2)C1. The van der Waals surface area contributed by atoms with Crippen molar-refractivity contribution in [3.05, 3.63) is 0 Å². The summed E-state index contributed by atoms with van der Waals surface area (Å²) < 4.78 is 6.08. The van der Waals surface area contributed by atoms with Crippen LogP contribution in [0.4, 0.5) is 0 Å². The van der Waals surface area contributed by atoms with Gasteiger partial charge in [-0.3, -0.25) is 0 Å². The van der Waals surface area contributed by atoms with Crippen LogP contribution in [0.5, 0.6) is 0 Å². The summed E-state index contributed by atoms with van der Waals surface area (Å²) in [5.74, 6) is 0. The minimum atomic E-state index is -0.169. The highest BCUT2D eigenvalue weighted by molar-refractivity contribution is 4.94. The molecule has 1 atom stereocenters. The second-order valence-corrected chi connectivity index (χ2v) is 6.47. The van der Waals surface area contributed by atoms with E-state index in [0.29, 0.717) is 6.04 Å². The Hall–Kier alpha value is -0.120. The van der Waals surface area contributed by atoms with Crippen LogP contribution in [-0.4, -0.2) is 35.5 Å². The number of hydrogen-bond donors (Lipinski definition) is 2. The molecule has 1 aliphatic heterocycles. The Morgan fingerprint density at radius 3 is 2.65 bits per heavy atom. The predicted octanol–water partition coefficient (Wildman–Crippen LogP) is 2.23. The Labute approximate surface area is 105 Å². The van der Waals surface area contributed by atoms with E-state index in [0.717, 1.165) is 19.4 Å². The number of rotatable bonds is 3. The average Bonchev–Trinajstić information content (AvgIpc) is 2.29. The fourth-order valence-electron chi connectivity index (χ4n) is 3.29. The third-order valence-corrected chi connectivity index (χ3v) is 4.25. The van der Waals surface area contributed by atoms with E-state index >= 15 is 0 Å². The lowest BCUT2D eigenvalue weighted by molar-refractivity contribution is -0.112. The molecule has 0 aromatic rings. The minimum Gasteiger partial charge on any atom is -0.394 e. The summed E-state index contributed by atoms with van der Waals surface area (Å²) in [5.41, 5.74) is -0.0163. The van der Waals surface area contributed by atoms with E-state index in [1.807, 2.05) is 0 Å². The average molecular weight is 241 g/mol. The zero-order valence-corrected chi connectivity index (χ0v) is 11.3. The molecule has 0 bridgehead atoms. The van der Waals surface area contributed by atoms with Crippen molar-refractivity contribution in [2.24, 2.45) is 0 Å². The molecule has 2 N–H and O–H groups in total. The van der Waals surface area contributed by atoms with E-state index in [2.05, 4.69) is 19.2 Å². The molecular formula is C14H27NO2. The molecule has 3 heteroatoms. The predicted molar refractivity (Wildman–Crippen MR) is 69.1 cm³/mol. The van der Waals surface area contributed by atoms with Gasteiger partial charge in [-0.25, -0.2) is 0 Å². The molecular weight excluding hydrogens is 214 g/mol. The van der Waals surface area contributed by atoms with Crippen LogP contribution in [0, 0.1) is 0 Å². The van der Waals surface area contributed by atoms with Gasteiger partial charge in [0.1, 0.15) is 0 Å². The van der Waals surface area contributed by atoms with Crippen molar-refractivity contribution in [1.29, 1.82) is 0 Å². The smallest absolute Gasteiger partial charge is 0.0697 e. The Morgan fingerprint density at radius 1 is 1.29 bits per heavy atom. The first kappa shape index (κ1) is 13.3. The van der Waals surface area contributed by atoms with Gasteiger partial charge in [0.05, 0.1) is 12.2 Å². The van der Waals surface area contributed by atoms with Gasteiger partial charge in [0.15, 0.2) is 0 Å². The van der Waals surface area contributed by atoms with Gasteiger partial charge in [-0.05, 0) is 39.5 Å². The zero-order valence-electron chi connectivity index (χ0n) is 11.3. The lowest BCUT2D eigenvalue weighted by Gasteiger charge is -2.45. The van der Waals surface area contributed by atoms with E-state index < -0.39 is 0 Å². The maximum absolute atomic E-state index is 9.33. The molecule has 1 saturated heterocycles. The Morgan fingerprint density at radius 2 is 2.00 bits per heavy atom. The van der Waals surface area contributed by atoms with Crippen molar-refractivity contribution in [2.45, 2.75) is 76.0 Å². The molecule has 17 heavy (non-hydrogen) atoms. The second kappa shape index (κ2) is 5.25. The highest BCUT2D eigenvalue weighted by atomic mass is 16.5. The number of hydrogen-bond acceptors (Lipinski definition) is 3. The van der Waals surface area contributed by atoms with Crippen LogP contribution in [-0.2, 0) is 4.74 Å². The van der Waals surface area contributed by atoms with Crippen LogP contribution in [0.25, 0.3) is 0 Å². The van der Waals surface area contributed by atoms with Crippen LogP contribution < -0.4 is 5.32 Å². The molecule has 0 aromatic heterocycles. The molecule has 0 amide bonds. The van der Waals surface area contributed by atoms with Crippen molar-refractivity contribution in [3.8, 4) is 0 Å². The minimum absolute atomic E-state index is 0.152. The summed E-state index contributed by atoms with van der Waals surface area (Å²) in [7, 11) is 0. The first-order valence-electron chi connectivity index (χ1n) is 7.08. The lowest BCUT2D eigenvalue weighted by atomic mass is 9.78. The normalized spacial score (nSPS) is 29.5. The highest BCUT2D eigenvalue weighted by Crippen LogP contribution is 2.38. The number of ether oxygens (including phenoxy) is 1. The molecule has 2 aliphatic rings. The molecule has 1 aliphatic carbocycles. The molecule has 3 nitrogen and oxygen atoms in total. The highest BCUT2D eigenvalue weighted by Gasteiger charge is 2.39. The van der Waals surface area contributed by atoms with Crippen molar-refractivity contribution in [1.82, 2.24) is 5.32 Å². The quantitative estimate of drug-likeness (QED) is 0.796. The maximum atomic E-state index is 9.33. The first-order chi connectivity index (χ1) is 8.05. The van der Waals surface area contributed by atoms with Gasteiger partial charge in [0, 0.05) is 18.2 Å². The Balaban J connectivity index is 1.92. The van der Waals surface area contributed by atoms with E-state index in [-0.39, 0.29) is 17.7 Å². The molecule has 100 valence electrons. The third-order valence-electron chi connectivity index (χ3n) is 4.25. The summed E-state index contributed by atoms with van der Waals surface area (Å²) in [4.78, 5) is 0. The van der Waals surface area contributed by atoms with Crippen LogP contribution in [0.15, 0.2) is 0 Å². The monoisotopic (exact) mass is 241 g/mol. The molecule has 1 unspecified atom stereocenters. The largest absolute Gasteiger partial charge is 0.394 e. The molecule has 1 heterocycles. The van der Waals surface area contributed by atoms with Crippen molar-refractivity contribution >= 4 is 0 Å². The molecule has 1 spiro atoms. The summed E-state index contributed by atoms with van der Waals surface area (Å²) in [5, 5.41) is 12.9. The Kier molecular flexibility index (Phi) is 4.11. The maximum Gasteiger partial charge on any atom is 0.0697 e. The molecule has 0 aromatic carbocycles. The fourth-order valence-corrected chi connectivity index (χ4v) is 3.29. The van der Waals surface area contributed by atoms with Crippen LogP contribution in [0.2, 0.25) is 0 Å². The van der Waals surface area contributed by atoms with Crippen LogP contribution >= 0.6 is 0 Å². The fraction of sp³-hybridized carbons (Fsp3) is 1.00. The first-order valence-corrected chi connectivity index (χ1v) is 7.08. The van der Waals surface area contributed by atoms with E-state index in [9.17, 15) is 5.11 Å². The number of aliphatic hydroxyl groups excluding tert-OH is 1.